The summed E-state index contributed by atoms with van der Waals surface area (Å²) in [4.78, 5) is 20.6. The first-order valence-corrected chi connectivity index (χ1v) is 5.39. The quantitative estimate of drug-likeness (QED) is 0.356. The van der Waals surface area contributed by atoms with Crippen LogP contribution in [0.15, 0.2) is 0 Å². The molecule has 0 fully saturated rings. The van der Waals surface area contributed by atoms with Crippen molar-refractivity contribution in [3.05, 3.63) is 0 Å². The van der Waals surface area contributed by atoms with Gasteiger partial charge in [-0.25, -0.2) is 9.78 Å². The molecule has 90 valence electrons. The standard InChI is InChI=1S/C11H22O4/c1-5-10(8-15-14-4)7-6-9(2)11(12)13-3/h9-10H,5-8H2,1-4H3. The first kappa shape index (κ1) is 14.4. The van der Waals surface area contributed by atoms with Crippen molar-refractivity contribution in [3.8, 4) is 0 Å². The van der Waals surface area contributed by atoms with Crippen LogP contribution < -0.4 is 0 Å². The Morgan fingerprint density at radius 2 is 1.93 bits per heavy atom. The minimum absolute atomic E-state index is 0.0356. The maximum absolute atomic E-state index is 11.1. The van der Waals surface area contributed by atoms with Crippen molar-refractivity contribution in [2.75, 3.05) is 20.8 Å². The molecule has 4 heteroatoms. The molecule has 0 spiro atoms. The Morgan fingerprint density at radius 3 is 2.40 bits per heavy atom. The van der Waals surface area contributed by atoms with Crippen LogP contribution in [-0.2, 0) is 19.3 Å². The Kier molecular flexibility index (Phi) is 8.33. The van der Waals surface area contributed by atoms with Gasteiger partial charge in [0.2, 0.25) is 0 Å². The van der Waals surface area contributed by atoms with Gasteiger partial charge in [0.05, 0.1) is 26.7 Å². The largest absolute Gasteiger partial charge is 0.469 e. The Morgan fingerprint density at radius 1 is 1.27 bits per heavy atom. The van der Waals surface area contributed by atoms with Gasteiger partial charge in [-0.1, -0.05) is 20.3 Å². The van der Waals surface area contributed by atoms with E-state index in [4.69, 9.17) is 4.89 Å². The van der Waals surface area contributed by atoms with Crippen molar-refractivity contribution in [2.24, 2.45) is 11.8 Å². The molecule has 0 radical (unpaired) electrons. The van der Waals surface area contributed by atoms with Crippen LogP contribution in [0.4, 0.5) is 0 Å². The van der Waals surface area contributed by atoms with Gasteiger partial charge in [0.15, 0.2) is 0 Å². The molecule has 0 aliphatic heterocycles. The molecule has 0 heterocycles. The van der Waals surface area contributed by atoms with Gasteiger partial charge in [-0.2, -0.15) is 0 Å². The summed E-state index contributed by atoms with van der Waals surface area (Å²) in [5.74, 6) is 0.265. The Labute approximate surface area is 91.8 Å². The Balaban J connectivity index is 3.74. The SMILES string of the molecule is CCC(CCC(C)C(=O)OC)COOC. The van der Waals surface area contributed by atoms with E-state index in [0.717, 1.165) is 19.3 Å². The first-order valence-electron chi connectivity index (χ1n) is 5.39. The molecule has 0 saturated carbocycles. The average molecular weight is 218 g/mol. The molecule has 0 aliphatic rings. The Hall–Kier alpha value is -0.610. The van der Waals surface area contributed by atoms with Crippen LogP contribution in [0.1, 0.15) is 33.1 Å². The number of hydrogen-bond donors (Lipinski definition) is 0. The van der Waals surface area contributed by atoms with E-state index >= 15 is 0 Å². The summed E-state index contributed by atoms with van der Waals surface area (Å²) >= 11 is 0. The highest BCUT2D eigenvalue weighted by Crippen LogP contribution is 2.16. The van der Waals surface area contributed by atoms with Gasteiger partial charge in [-0.15, -0.1) is 0 Å². The predicted octanol–water partition coefficient (Wildman–Crippen LogP) is 2.18. The maximum Gasteiger partial charge on any atom is 0.308 e. The van der Waals surface area contributed by atoms with E-state index < -0.39 is 0 Å². The molecule has 0 aliphatic carbocycles. The van der Waals surface area contributed by atoms with Gasteiger partial charge < -0.3 is 4.74 Å². The van der Waals surface area contributed by atoms with Crippen molar-refractivity contribution in [2.45, 2.75) is 33.1 Å². The molecule has 0 aromatic heterocycles. The molecule has 15 heavy (non-hydrogen) atoms. The average Bonchev–Trinajstić information content (AvgIpc) is 2.27. The minimum Gasteiger partial charge on any atom is -0.469 e. The number of carbonyl (C=O) groups excluding carboxylic acids is 1. The second kappa shape index (κ2) is 8.68. The van der Waals surface area contributed by atoms with Crippen LogP contribution in [0.25, 0.3) is 0 Å². The lowest BCUT2D eigenvalue weighted by Crippen LogP contribution is -2.16. The van der Waals surface area contributed by atoms with Crippen molar-refractivity contribution < 1.29 is 19.3 Å². The van der Waals surface area contributed by atoms with Gasteiger partial charge in [-0.3, -0.25) is 4.79 Å². The zero-order valence-corrected chi connectivity index (χ0v) is 10.1. The third kappa shape index (κ3) is 6.47. The number of hydrogen-bond acceptors (Lipinski definition) is 4. The van der Waals surface area contributed by atoms with E-state index in [0.29, 0.717) is 12.5 Å². The molecule has 0 aromatic carbocycles. The third-order valence-corrected chi connectivity index (χ3v) is 2.61. The van der Waals surface area contributed by atoms with Crippen molar-refractivity contribution in [1.29, 1.82) is 0 Å². The smallest absolute Gasteiger partial charge is 0.308 e. The van der Waals surface area contributed by atoms with Gasteiger partial charge in [0.1, 0.15) is 0 Å². The molecular formula is C11H22O4. The first-order chi connectivity index (χ1) is 7.15. The molecule has 2 atom stereocenters. The zero-order chi connectivity index (χ0) is 11.7. The molecule has 2 unspecified atom stereocenters. The minimum atomic E-state index is -0.141. The maximum atomic E-state index is 11.1. The number of rotatable bonds is 8. The summed E-state index contributed by atoms with van der Waals surface area (Å²) < 4.78 is 4.66. The van der Waals surface area contributed by atoms with Crippen molar-refractivity contribution >= 4 is 5.97 Å². The Bertz CT molecular complexity index is 170. The molecule has 0 rings (SSSR count). The molecular weight excluding hydrogens is 196 g/mol. The summed E-state index contributed by atoms with van der Waals surface area (Å²) in [7, 11) is 2.92. The zero-order valence-electron chi connectivity index (χ0n) is 10.1. The van der Waals surface area contributed by atoms with E-state index in [2.05, 4.69) is 16.5 Å². The normalized spacial score (nSPS) is 14.7. The fourth-order valence-electron chi connectivity index (χ4n) is 1.37. The van der Waals surface area contributed by atoms with Crippen molar-refractivity contribution in [3.63, 3.8) is 0 Å². The van der Waals surface area contributed by atoms with E-state index in [1.807, 2.05) is 6.92 Å². The summed E-state index contributed by atoms with van der Waals surface area (Å²) in [5, 5.41) is 0. The van der Waals surface area contributed by atoms with Gasteiger partial charge in [0.25, 0.3) is 0 Å². The highest BCUT2D eigenvalue weighted by molar-refractivity contribution is 5.71. The van der Waals surface area contributed by atoms with Crippen LogP contribution in [0.5, 0.6) is 0 Å². The lowest BCUT2D eigenvalue weighted by molar-refractivity contribution is -0.280. The predicted molar refractivity (Wildman–Crippen MR) is 57.2 cm³/mol. The third-order valence-electron chi connectivity index (χ3n) is 2.61. The highest BCUT2D eigenvalue weighted by Gasteiger charge is 2.15. The molecule has 4 nitrogen and oxygen atoms in total. The molecule has 0 bridgehead atoms. The van der Waals surface area contributed by atoms with Crippen LogP contribution in [0, 0.1) is 11.8 Å². The van der Waals surface area contributed by atoms with Gasteiger partial charge >= 0.3 is 5.97 Å². The van der Waals surface area contributed by atoms with E-state index in [-0.39, 0.29) is 11.9 Å². The number of carbonyl (C=O) groups is 1. The highest BCUT2D eigenvalue weighted by atomic mass is 17.2. The monoisotopic (exact) mass is 218 g/mol. The lowest BCUT2D eigenvalue weighted by atomic mass is 9.95. The van der Waals surface area contributed by atoms with E-state index in [1.54, 1.807) is 0 Å². The number of methoxy groups -OCH3 is 1. The summed E-state index contributed by atoms with van der Waals surface area (Å²) in [6.45, 7) is 4.57. The number of ether oxygens (including phenoxy) is 1. The summed E-state index contributed by atoms with van der Waals surface area (Å²) in [5.41, 5.74) is 0. The fourth-order valence-corrected chi connectivity index (χ4v) is 1.37. The van der Waals surface area contributed by atoms with Crippen LogP contribution in [0.3, 0.4) is 0 Å². The summed E-state index contributed by atoms with van der Waals surface area (Å²) in [6, 6.07) is 0. The second-order valence-corrected chi connectivity index (χ2v) is 3.73. The number of esters is 1. The van der Waals surface area contributed by atoms with Gasteiger partial charge in [-0.05, 0) is 18.8 Å². The topological polar surface area (TPSA) is 44.8 Å². The van der Waals surface area contributed by atoms with Crippen LogP contribution >= 0.6 is 0 Å². The molecule has 0 aromatic rings. The second-order valence-electron chi connectivity index (χ2n) is 3.73. The summed E-state index contributed by atoms with van der Waals surface area (Å²) in [6.07, 6.45) is 2.81. The molecule has 0 amide bonds. The van der Waals surface area contributed by atoms with E-state index in [1.165, 1.54) is 14.2 Å². The van der Waals surface area contributed by atoms with Crippen LogP contribution in [0.2, 0.25) is 0 Å². The van der Waals surface area contributed by atoms with Crippen LogP contribution in [-0.4, -0.2) is 26.8 Å². The van der Waals surface area contributed by atoms with E-state index in [9.17, 15) is 4.79 Å². The van der Waals surface area contributed by atoms with Gasteiger partial charge in [0, 0.05) is 0 Å². The molecule has 0 N–H and O–H groups in total. The fraction of sp³-hybridized carbons (Fsp3) is 0.909. The lowest BCUT2D eigenvalue weighted by Gasteiger charge is -2.15. The molecule has 0 saturated heterocycles. The van der Waals surface area contributed by atoms with Crippen molar-refractivity contribution in [1.82, 2.24) is 0 Å².